The van der Waals surface area contributed by atoms with E-state index >= 15 is 0 Å². The summed E-state index contributed by atoms with van der Waals surface area (Å²) in [6.07, 6.45) is 3.82. The Kier molecular flexibility index (Phi) is 2.28. The molecule has 0 radical (unpaired) electrons. The van der Waals surface area contributed by atoms with Crippen molar-refractivity contribution in [2.45, 2.75) is 12.5 Å². The van der Waals surface area contributed by atoms with Crippen LogP contribution in [0.5, 0.6) is 0 Å². The van der Waals surface area contributed by atoms with Gasteiger partial charge in [-0.05, 0) is 0 Å². The van der Waals surface area contributed by atoms with E-state index in [4.69, 9.17) is 10.8 Å². The van der Waals surface area contributed by atoms with Crippen molar-refractivity contribution in [3.05, 3.63) is 30.6 Å². The standard InChI is InChI=1S/C7H11N3O/c1-5(11)7(8)2-6-3-9-4-10-6/h3-4,7,11H,1-2,8H2,(H,9,10)/t7-/m1/s1. The fourth-order valence-electron chi connectivity index (χ4n) is 0.746. The van der Waals surface area contributed by atoms with E-state index in [1.54, 1.807) is 12.5 Å². The number of rotatable bonds is 3. The van der Waals surface area contributed by atoms with Crippen molar-refractivity contribution in [3.63, 3.8) is 0 Å². The van der Waals surface area contributed by atoms with Gasteiger partial charge in [-0.15, -0.1) is 0 Å². The van der Waals surface area contributed by atoms with Crippen LogP contribution in [0.25, 0.3) is 0 Å². The Morgan fingerprint density at radius 3 is 3.09 bits per heavy atom. The molecule has 1 rings (SSSR count). The highest BCUT2D eigenvalue weighted by Crippen LogP contribution is 2.00. The molecule has 0 saturated heterocycles. The van der Waals surface area contributed by atoms with E-state index in [2.05, 4.69) is 16.5 Å². The minimum absolute atomic E-state index is 0.00648. The van der Waals surface area contributed by atoms with Gasteiger partial charge in [0, 0.05) is 12.6 Å². The third-order valence-corrected chi connectivity index (χ3v) is 1.41. The van der Waals surface area contributed by atoms with Gasteiger partial charge in [-0.25, -0.2) is 4.98 Å². The second-order valence-corrected chi connectivity index (χ2v) is 2.36. The Morgan fingerprint density at radius 2 is 2.64 bits per heavy atom. The van der Waals surface area contributed by atoms with Gasteiger partial charge < -0.3 is 15.8 Å². The molecule has 0 fully saturated rings. The van der Waals surface area contributed by atoms with E-state index in [1.165, 1.54) is 0 Å². The molecule has 1 atom stereocenters. The van der Waals surface area contributed by atoms with E-state index in [9.17, 15) is 0 Å². The second-order valence-electron chi connectivity index (χ2n) is 2.36. The number of hydrogen-bond donors (Lipinski definition) is 3. The van der Waals surface area contributed by atoms with Gasteiger partial charge in [0.25, 0.3) is 0 Å². The van der Waals surface area contributed by atoms with Gasteiger partial charge in [0.2, 0.25) is 0 Å². The smallest absolute Gasteiger partial charge is 0.102 e. The van der Waals surface area contributed by atoms with Crippen LogP contribution in [-0.2, 0) is 6.42 Å². The van der Waals surface area contributed by atoms with Gasteiger partial charge in [0.05, 0.1) is 18.1 Å². The van der Waals surface area contributed by atoms with Crippen LogP contribution >= 0.6 is 0 Å². The maximum atomic E-state index is 8.86. The Bertz CT molecular complexity index is 230. The summed E-state index contributed by atoms with van der Waals surface area (Å²) >= 11 is 0. The molecule has 0 saturated carbocycles. The van der Waals surface area contributed by atoms with Gasteiger partial charge >= 0.3 is 0 Å². The number of nitrogens with zero attached hydrogens (tertiary/aromatic N) is 1. The summed E-state index contributed by atoms with van der Waals surface area (Å²) in [5.41, 5.74) is 6.33. The monoisotopic (exact) mass is 153 g/mol. The molecule has 1 aromatic rings. The second kappa shape index (κ2) is 3.21. The van der Waals surface area contributed by atoms with Crippen molar-refractivity contribution in [1.82, 2.24) is 9.97 Å². The van der Waals surface area contributed by atoms with Gasteiger partial charge in [-0.3, -0.25) is 0 Å². The first-order chi connectivity index (χ1) is 5.20. The van der Waals surface area contributed by atoms with Crippen LogP contribution in [0.1, 0.15) is 5.69 Å². The predicted octanol–water partition coefficient (Wildman–Crippen LogP) is 0.351. The molecule has 0 aliphatic carbocycles. The fourth-order valence-corrected chi connectivity index (χ4v) is 0.746. The number of aromatic amines is 1. The number of H-pyrrole nitrogens is 1. The molecular weight excluding hydrogens is 142 g/mol. The lowest BCUT2D eigenvalue weighted by Gasteiger charge is -2.06. The molecule has 1 heterocycles. The number of aromatic nitrogens is 2. The topological polar surface area (TPSA) is 74.9 Å². The zero-order chi connectivity index (χ0) is 8.27. The Hall–Kier alpha value is -1.29. The van der Waals surface area contributed by atoms with Crippen LogP contribution in [0.4, 0.5) is 0 Å². The Labute approximate surface area is 64.8 Å². The van der Waals surface area contributed by atoms with Crippen LogP contribution in [0.2, 0.25) is 0 Å². The molecule has 0 aromatic carbocycles. The highest BCUT2D eigenvalue weighted by atomic mass is 16.3. The summed E-state index contributed by atoms with van der Waals surface area (Å²) in [4.78, 5) is 6.75. The number of aliphatic hydroxyl groups excluding tert-OH is 1. The highest BCUT2D eigenvalue weighted by Gasteiger charge is 2.07. The molecule has 4 N–H and O–H groups in total. The van der Waals surface area contributed by atoms with Crippen LogP contribution in [0.3, 0.4) is 0 Å². The summed E-state index contributed by atoms with van der Waals surface area (Å²) in [5.74, 6) is -0.00648. The molecule has 60 valence electrons. The number of nitrogens with one attached hydrogen (secondary N) is 1. The lowest BCUT2D eigenvalue weighted by atomic mass is 10.1. The van der Waals surface area contributed by atoms with E-state index in [0.717, 1.165) is 5.69 Å². The molecule has 0 bridgehead atoms. The zero-order valence-corrected chi connectivity index (χ0v) is 6.12. The summed E-state index contributed by atoms with van der Waals surface area (Å²) < 4.78 is 0. The summed E-state index contributed by atoms with van der Waals surface area (Å²) in [7, 11) is 0. The van der Waals surface area contributed by atoms with E-state index in [1.807, 2.05) is 0 Å². The summed E-state index contributed by atoms with van der Waals surface area (Å²) in [5, 5.41) is 8.86. The van der Waals surface area contributed by atoms with Gasteiger partial charge in [-0.2, -0.15) is 0 Å². The van der Waals surface area contributed by atoms with Crippen molar-refractivity contribution in [2.75, 3.05) is 0 Å². The molecule has 0 unspecified atom stereocenters. The molecular formula is C7H11N3O. The van der Waals surface area contributed by atoms with Crippen molar-refractivity contribution in [3.8, 4) is 0 Å². The van der Waals surface area contributed by atoms with Crippen molar-refractivity contribution < 1.29 is 5.11 Å². The van der Waals surface area contributed by atoms with Crippen LogP contribution in [0, 0.1) is 0 Å². The third-order valence-electron chi connectivity index (χ3n) is 1.41. The number of hydrogen-bond acceptors (Lipinski definition) is 3. The van der Waals surface area contributed by atoms with Crippen LogP contribution in [0.15, 0.2) is 24.9 Å². The predicted molar refractivity (Wildman–Crippen MR) is 42.0 cm³/mol. The van der Waals surface area contributed by atoms with E-state index in [0.29, 0.717) is 6.42 Å². The lowest BCUT2D eigenvalue weighted by Crippen LogP contribution is -2.24. The Balaban J connectivity index is 2.50. The average molecular weight is 153 g/mol. The highest BCUT2D eigenvalue weighted by molar-refractivity contribution is 5.04. The molecule has 0 aliphatic rings. The van der Waals surface area contributed by atoms with Crippen LogP contribution in [-0.4, -0.2) is 21.1 Å². The molecule has 11 heavy (non-hydrogen) atoms. The zero-order valence-electron chi connectivity index (χ0n) is 6.12. The first-order valence-corrected chi connectivity index (χ1v) is 3.31. The van der Waals surface area contributed by atoms with Crippen molar-refractivity contribution in [2.24, 2.45) is 5.73 Å². The molecule has 0 aliphatic heterocycles. The minimum Gasteiger partial charge on any atom is -0.511 e. The van der Waals surface area contributed by atoms with Crippen molar-refractivity contribution >= 4 is 0 Å². The first kappa shape index (κ1) is 7.81. The van der Waals surface area contributed by atoms with Gasteiger partial charge in [0.15, 0.2) is 0 Å². The van der Waals surface area contributed by atoms with Crippen LogP contribution < -0.4 is 5.73 Å². The third kappa shape index (κ3) is 2.09. The molecule has 4 heteroatoms. The molecule has 1 aromatic heterocycles. The van der Waals surface area contributed by atoms with E-state index < -0.39 is 6.04 Å². The summed E-state index contributed by atoms with van der Waals surface area (Å²) in [6.45, 7) is 3.33. The molecule has 0 amide bonds. The number of aliphatic hydroxyl groups is 1. The average Bonchev–Trinajstić information content (AvgIpc) is 2.39. The van der Waals surface area contributed by atoms with Gasteiger partial charge in [-0.1, -0.05) is 6.58 Å². The number of imidazole rings is 1. The Morgan fingerprint density at radius 1 is 1.91 bits per heavy atom. The minimum atomic E-state index is -0.418. The fraction of sp³-hybridized carbons (Fsp3) is 0.286. The number of nitrogens with two attached hydrogens (primary N) is 1. The summed E-state index contributed by atoms with van der Waals surface area (Å²) in [6, 6.07) is -0.418. The maximum Gasteiger partial charge on any atom is 0.102 e. The lowest BCUT2D eigenvalue weighted by molar-refractivity contribution is 0.368. The quantitative estimate of drug-likeness (QED) is 0.548. The molecule has 0 spiro atoms. The SMILES string of the molecule is C=C(O)[C@H](N)Cc1c[nH]cn1. The normalized spacial score (nSPS) is 12.8. The maximum absolute atomic E-state index is 8.86. The largest absolute Gasteiger partial charge is 0.511 e. The molecule has 4 nitrogen and oxygen atoms in total. The van der Waals surface area contributed by atoms with E-state index in [-0.39, 0.29) is 5.76 Å². The van der Waals surface area contributed by atoms with Gasteiger partial charge in [0.1, 0.15) is 5.76 Å². The van der Waals surface area contributed by atoms with Crippen molar-refractivity contribution in [1.29, 1.82) is 0 Å². The first-order valence-electron chi connectivity index (χ1n) is 3.31.